The minimum absolute atomic E-state index is 0.00862. The molecule has 0 amide bonds. The maximum absolute atomic E-state index is 14.7. The summed E-state index contributed by atoms with van der Waals surface area (Å²) in [6.07, 6.45) is 4.07. The standard InChI is InChI=1S/C26H24FN7O2/c1-14(24-31-19-11-5-10-18(27)20(19)26(35)33(24)16-7-4-8-16)34-25-21(23(28)29-13-30-25)22(32-34)15-6-3-9-17(12-15)36-2/h3,5-6,9-14,16H,4,7-8H2,1-2H3,(H2,28,29,30). The molecule has 0 saturated heterocycles. The number of aromatic nitrogens is 6. The highest BCUT2D eigenvalue weighted by Crippen LogP contribution is 2.36. The number of rotatable bonds is 5. The van der Waals surface area contributed by atoms with Gasteiger partial charge in [-0.25, -0.2) is 24.0 Å². The van der Waals surface area contributed by atoms with Gasteiger partial charge in [-0.3, -0.25) is 9.36 Å². The van der Waals surface area contributed by atoms with Crippen LogP contribution in [0.1, 0.15) is 44.1 Å². The van der Waals surface area contributed by atoms with Crippen molar-refractivity contribution < 1.29 is 9.13 Å². The van der Waals surface area contributed by atoms with E-state index in [0.717, 1.165) is 24.8 Å². The molecule has 1 unspecified atom stereocenters. The molecule has 0 spiro atoms. The monoisotopic (exact) mass is 485 g/mol. The molecule has 36 heavy (non-hydrogen) atoms. The van der Waals surface area contributed by atoms with Gasteiger partial charge in [-0.2, -0.15) is 5.10 Å². The fourth-order valence-electron chi connectivity index (χ4n) is 4.86. The molecule has 1 aliphatic rings. The number of fused-ring (bicyclic) bond motifs is 2. The van der Waals surface area contributed by atoms with Gasteiger partial charge in [0.2, 0.25) is 0 Å². The van der Waals surface area contributed by atoms with Crippen LogP contribution in [-0.2, 0) is 0 Å². The molecule has 5 aromatic rings. The summed E-state index contributed by atoms with van der Waals surface area (Å²) in [7, 11) is 1.60. The molecule has 6 rings (SSSR count). The van der Waals surface area contributed by atoms with Gasteiger partial charge in [0.05, 0.1) is 18.0 Å². The van der Waals surface area contributed by atoms with Crippen LogP contribution in [-0.4, -0.2) is 36.4 Å². The summed E-state index contributed by atoms with van der Waals surface area (Å²) in [5.74, 6) is 0.904. The first-order valence-electron chi connectivity index (χ1n) is 11.8. The van der Waals surface area contributed by atoms with Crippen molar-refractivity contribution in [1.82, 2.24) is 29.3 Å². The fourth-order valence-corrected chi connectivity index (χ4v) is 4.86. The van der Waals surface area contributed by atoms with Gasteiger partial charge in [0.1, 0.15) is 46.7 Å². The van der Waals surface area contributed by atoms with Crippen LogP contribution in [0.15, 0.2) is 53.6 Å². The first-order chi connectivity index (χ1) is 17.5. The van der Waals surface area contributed by atoms with Crippen LogP contribution < -0.4 is 16.0 Å². The van der Waals surface area contributed by atoms with Crippen LogP contribution in [0, 0.1) is 5.82 Å². The Balaban J connectivity index is 1.60. The third-order valence-electron chi connectivity index (χ3n) is 6.95. The number of nitrogen functional groups attached to an aromatic ring is 1. The maximum atomic E-state index is 14.7. The zero-order valence-electron chi connectivity index (χ0n) is 19.8. The van der Waals surface area contributed by atoms with Gasteiger partial charge in [-0.1, -0.05) is 18.2 Å². The van der Waals surface area contributed by atoms with Crippen LogP contribution in [0.2, 0.25) is 0 Å². The summed E-state index contributed by atoms with van der Waals surface area (Å²) < 4.78 is 23.4. The molecular weight excluding hydrogens is 461 g/mol. The van der Waals surface area contributed by atoms with Crippen LogP contribution in [0.25, 0.3) is 33.2 Å². The van der Waals surface area contributed by atoms with Crippen molar-refractivity contribution in [2.24, 2.45) is 0 Å². The van der Waals surface area contributed by atoms with Crippen LogP contribution in [0.3, 0.4) is 0 Å². The molecule has 0 bridgehead atoms. The Kier molecular flexibility index (Phi) is 5.17. The predicted molar refractivity (Wildman–Crippen MR) is 134 cm³/mol. The molecule has 1 atom stereocenters. The second-order valence-electron chi connectivity index (χ2n) is 9.02. The molecule has 0 aliphatic heterocycles. The third kappa shape index (κ3) is 3.32. The Morgan fingerprint density at radius 1 is 1.14 bits per heavy atom. The number of nitrogens with zero attached hydrogens (tertiary/aromatic N) is 6. The van der Waals surface area contributed by atoms with E-state index >= 15 is 0 Å². The highest BCUT2D eigenvalue weighted by Gasteiger charge is 2.30. The minimum atomic E-state index is -0.567. The van der Waals surface area contributed by atoms with E-state index in [-0.39, 0.29) is 17.0 Å². The maximum Gasteiger partial charge on any atom is 0.264 e. The number of hydrogen-bond donors (Lipinski definition) is 1. The number of ether oxygens (including phenoxy) is 1. The summed E-state index contributed by atoms with van der Waals surface area (Å²) in [6, 6.07) is 11.5. The first kappa shape index (κ1) is 22.1. The molecule has 2 aromatic carbocycles. The van der Waals surface area contributed by atoms with Crippen molar-refractivity contribution in [2.75, 3.05) is 12.8 Å². The number of anilines is 1. The number of benzene rings is 2. The molecule has 1 fully saturated rings. The molecule has 3 aromatic heterocycles. The van der Waals surface area contributed by atoms with E-state index in [1.54, 1.807) is 28.5 Å². The van der Waals surface area contributed by atoms with Crippen LogP contribution >= 0.6 is 0 Å². The lowest BCUT2D eigenvalue weighted by atomic mass is 9.92. The lowest BCUT2D eigenvalue weighted by Crippen LogP contribution is -2.35. The van der Waals surface area contributed by atoms with E-state index in [9.17, 15) is 9.18 Å². The highest BCUT2D eigenvalue weighted by atomic mass is 19.1. The smallest absolute Gasteiger partial charge is 0.264 e. The van der Waals surface area contributed by atoms with E-state index in [0.29, 0.717) is 39.6 Å². The number of halogens is 1. The van der Waals surface area contributed by atoms with Gasteiger partial charge in [0.15, 0.2) is 5.65 Å². The third-order valence-corrected chi connectivity index (χ3v) is 6.95. The summed E-state index contributed by atoms with van der Waals surface area (Å²) in [6.45, 7) is 1.90. The van der Waals surface area contributed by atoms with Gasteiger partial charge < -0.3 is 10.5 Å². The summed E-state index contributed by atoms with van der Waals surface area (Å²) in [4.78, 5) is 27.0. The number of nitrogens with two attached hydrogens (primary N) is 1. The molecule has 1 aliphatic carbocycles. The summed E-state index contributed by atoms with van der Waals surface area (Å²) >= 11 is 0. The second-order valence-corrected chi connectivity index (χ2v) is 9.02. The largest absolute Gasteiger partial charge is 0.497 e. The molecule has 2 N–H and O–H groups in total. The lowest BCUT2D eigenvalue weighted by Gasteiger charge is -2.31. The number of methoxy groups -OCH3 is 1. The van der Waals surface area contributed by atoms with Crippen LogP contribution in [0.4, 0.5) is 10.2 Å². The molecule has 3 heterocycles. The van der Waals surface area contributed by atoms with Gasteiger partial charge in [0.25, 0.3) is 5.56 Å². The van der Waals surface area contributed by atoms with E-state index in [2.05, 4.69) is 9.97 Å². The molecule has 10 heteroatoms. The predicted octanol–water partition coefficient (Wildman–Crippen LogP) is 4.27. The Bertz CT molecular complexity index is 1690. The fraction of sp³-hybridized carbons (Fsp3) is 0.269. The van der Waals surface area contributed by atoms with E-state index in [1.807, 2.05) is 31.2 Å². The molecule has 182 valence electrons. The molecule has 0 radical (unpaired) electrons. The highest BCUT2D eigenvalue weighted by molar-refractivity contribution is 5.98. The van der Waals surface area contributed by atoms with Crippen LogP contribution in [0.5, 0.6) is 5.75 Å². The zero-order valence-corrected chi connectivity index (χ0v) is 19.8. The quantitative estimate of drug-likeness (QED) is 0.395. The van der Waals surface area contributed by atoms with Gasteiger partial charge in [0, 0.05) is 11.6 Å². The Morgan fingerprint density at radius 3 is 2.69 bits per heavy atom. The normalized spacial score (nSPS) is 14.8. The topological polar surface area (TPSA) is 114 Å². The van der Waals surface area contributed by atoms with Gasteiger partial charge >= 0.3 is 0 Å². The SMILES string of the molecule is COc1cccc(-c2nn(C(C)c3nc4cccc(F)c4c(=O)n3C3CCC3)c3ncnc(N)c23)c1. The molecule has 1 saturated carbocycles. The average Bonchev–Trinajstić information content (AvgIpc) is 3.25. The molecular formula is C26H24FN7O2. The van der Waals surface area contributed by atoms with Crippen molar-refractivity contribution in [3.05, 3.63) is 70.8 Å². The average molecular weight is 486 g/mol. The molecule has 9 nitrogen and oxygen atoms in total. The van der Waals surface area contributed by atoms with Crippen molar-refractivity contribution in [1.29, 1.82) is 0 Å². The van der Waals surface area contributed by atoms with Gasteiger partial charge in [-0.05, 0) is 50.5 Å². The zero-order chi connectivity index (χ0) is 25.0. The van der Waals surface area contributed by atoms with Crippen molar-refractivity contribution in [3.63, 3.8) is 0 Å². The number of hydrogen-bond acceptors (Lipinski definition) is 7. The van der Waals surface area contributed by atoms with Crippen molar-refractivity contribution in [2.45, 2.75) is 38.3 Å². The summed E-state index contributed by atoms with van der Waals surface area (Å²) in [5, 5.41) is 5.50. The van der Waals surface area contributed by atoms with E-state index in [1.165, 1.54) is 12.4 Å². The van der Waals surface area contributed by atoms with Crippen molar-refractivity contribution >= 4 is 27.8 Å². The van der Waals surface area contributed by atoms with Crippen molar-refractivity contribution in [3.8, 4) is 17.0 Å². The van der Waals surface area contributed by atoms with Gasteiger partial charge in [-0.15, -0.1) is 0 Å². The second kappa shape index (κ2) is 8.40. The van der Waals surface area contributed by atoms with E-state index in [4.69, 9.17) is 20.6 Å². The first-order valence-corrected chi connectivity index (χ1v) is 11.8. The Morgan fingerprint density at radius 2 is 1.94 bits per heavy atom. The Hall–Kier alpha value is -4.34. The lowest BCUT2D eigenvalue weighted by molar-refractivity contribution is 0.288. The minimum Gasteiger partial charge on any atom is -0.497 e. The summed E-state index contributed by atoms with van der Waals surface area (Å²) in [5.41, 5.74) is 8.14. The van der Waals surface area contributed by atoms with E-state index < -0.39 is 11.9 Å². The Labute approximate surface area is 205 Å².